The minimum absolute atomic E-state index is 0.0217. The molecule has 0 bridgehead atoms. The van der Waals surface area contributed by atoms with E-state index in [1.807, 2.05) is 4.90 Å². The van der Waals surface area contributed by atoms with Crippen LogP contribution in [0.25, 0.3) is 0 Å². The molecule has 2 N–H and O–H groups in total. The van der Waals surface area contributed by atoms with E-state index in [9.17, 15) is 22.8 Å². The lowest BCUT2D eigenvalue weighted by molar-refractivity contribution is -0.116. The van der Waals surface area contributed by atoms with Crippen molar-refractivity contribution in [3.8, 4) is 5.75 Å². The molecule has 0 radical (unpaired) electrons. The maximum absolute atomic E-state index is 13.6. The smallest absolute Gasteiger partial charge is 0.264 e. The topological polar surface area (TPSA) is 125 Å². The largest absolute Gasteiger partial charge is 0.495 e. The van der Waals surface area contributed by atoms with Crippen molar-refractivity contribution in [2.45, 2.75) is 24.2 Å². The van der Waals surface area contributed by atoms with E-state index in [2.05, 4.69) is 10.0 Å². The van der Waals surface area contributed by atoms with Crippen molar-refractivity contribution in [2.24, 2.45) is 0 Å². The Labute approximate surface area is 226 Å². The highest BCUT2D eigenvalue weighted by Gasteiger charge is 2.35. The number of carbonyl (C=O) groups excluding carboxylic acids is 3. The highest BCUT2D eigenvalue weighted by molar-refractivity contribution is 7.93. The van der Waals surface area contributed by atoms with E-state index in [0.717, 1.165) is 30.8 Å². The van der Waals surface area contributed by atoms with Gasteiger partial charge in [-0.1, -0.05) is 24.3 Å². The summed E-state index contributed by atoms with van der Waals surface area (Å²) in [5.74, 6) is -0.953. The highest BCUT2D eigenvalue weighted by Crippen LogP contribution is 2.34. The predicted octanol–water partition coefficient (Wildman–Crippen LogP) is 3.72. The molecule has 39 heavy (non-hydrogen) atoms. The first kappa shape index (κ1) is 26.2. The lowest BCUT2D eigenvalue weighted by Crippen LogP contribution is -2.32. The third kappa shape index (κ3) is 5.30. The molecule has 0 aromatic heterocycles. The summed E-state index contributed by atoms with van der Waals surface area (Å²) in [5.41, 5.74) is 1.75. The van der Waals surface area contributed by atoms with Crippen LogP contribution >= 0.6 is 0 Å². The second-order valence-electron chi connectivity index (χ2n) is 9.29. The summed E-state index contributed by atoms with van der Waals surface area (Å²) < 4.78 is 35.1. The van der Waals surface area contributed by atoms with Gasteiger partial charge in [0.2, 0.25) is 5.91 Å². The number of ether oxygens (including phenoxy) is 1. The lowest BCUT2D eigenvalue weighted by Gasteiger charge is -2.23. The molecule has 3 amide bonds. The number of carbonyl (C=O) groups is 3. The van der Waals surface area contributed by atoms with Gasteiger partial charge in [-0.25, -0.2) is 8.42 Å². The van der Waals surface area contributed by atoms with Crippen LogP contribution in [0.4, 0.5) is 17.1 Å². The number of imide groups is 1. The Morgan fingerprint density at radius 3 is 2.23 bits per heavy atom. The molecule has 0 spiro atoms. The first-order valence-electron chi connectivity index (χ1n) is 12.6. The van der Waals surface area contributed by atoms with Gasteiger partial charge in [0.1, 0.15) is 10.6 Å². The first-order chi connectivity index (χ1) is 18.8. The maximum Gasteiger partial charge on any atom is 0.264 e. The van der Waals surface area contributed by atoms with E-state index in [0.29, 0.717) is 28.3 Å². The molecule has 0 unspecified atom stereocenters. The fourth-order valence-electron chi connectivity index (χ4n) is 4.83. The van der Waals surface area contributed by atoms with Crippen molar-refractivity contribution >= 4 is 44.8 Å². The van der Waals surface area contributed by atoms with Crippen molar-refractivity contribution in [1.82, 2.24) is 4.90 Å². The second kappa shape index (κ2) is 10.8. The SMILES string of the molecule is COc1ccccc1NS(=O)(=O)c1cc(NC(=O)CCN2C(=O)c3ccccc3C2=O)ccc1N1CCCC1. The Balaban J connectivity index is 1.34. The van der Waals surface area contributed by atoms with Crippen LogP contribution in [0.15, 0.2) is 71.6 Å². The molecule has 3 aromatic carbocycles. The zero-order valence-corrected chi connectivity index (χ0v) is 22.2. The van der Waals surface area contributed by atoms with Gasteiger partial charge in [-0.05, 0) is 55.3 Å². The molecular formula is C28H28N4O6S. The number of sulfonamides is 1. The van der Waals surface area contributed by atoms with E-state index < -0.39 is 27.7 Å². The summed E-state index contributed by atoms with van der Waals surface area (Å²) in [5, 5.41) is 2.71. The van der Waals surface area contributed by atoms with Gasteiger partial charge >= 0.3 is 0 Å². The van der Waals surface area contributed by atoms with Crippen LogP contribution in [0.5, 0.6) is 5.75 Å². The zero-order chi connectivity index (χ0) is 27.6. The Morgan fingerprint density at radius 1 is 0.923 bits per heavy atom. The van der Waals surface area contributed by atoms with E-state index in [4.69, 9.17) is 4.74 Å². The van der Waals surface area contributed by atoms with Gasteiger partial charge in [0.15, 0.2) is 0 Å². The molecule has 5 rings (SSSR count). The quantitative estimate of drug-likeness (QED) is 0.391. The summed E-state index contributed by atoms with van der Waals surface area (Å²) in [4.78, 5) is 41.0. The van der Waals surface area contributed by atoms with Crippen molar-refractivity contribution in [1.29, 1.82) is 0 Å². The van der Waals surface area contributed by atoms with Crippen LogP contribution < -0.4 is 19.7 Å². The molecule has 10 nitrogen and oxygen atoms in total. The number of para-hydroxylation sites is 2. The number of benzene rings is 3. The van der Waals surface area contributed by atoms with Crippen molar-refractivity contribution in [2.75, 3.05) is 41.7 Å². The number of methoxy groups -OCH3 is 1. The first-order valence-corrected chi connectivity index (χ1v) is 14.1. The summed E-state index contributed by atoms with van der Waals surface area (Å²) in [6.45, 7) is 1.36. The molecule has 0 aliphatic carbocycles. The number of nitrogens with one attached hydrogen (secondary N) is 2. The third-order valence-corrected chi connectivity index (χ3v) is 8.17. The number of rotatable bonds is 9. The highest BCUT2D eigenvalue weighted by atomic mass is 32.2. The fourth-order valence-corrected chi connectivity index (χ4v) is 6.16. The summed E-state index contributed by atoms with van der Waals surface area (Å²) in [7, 11) is -2.60. The number of hydrogen-bond acceptors (Lipinski definition) is 7. The number of anilines is 3. The molecule has 0 saturated carbocycles. The van der Waals surface area contributed by atoms with Gasteiger partial charge in [0, 0.05) is 31.7 Å². The normalized spacial score (nSPS) is 14.9. The van der Waals surface area contributed by atoms with Gasteiger partial charge in [0.05, 0.1) is 29.6 Å². The second-order valence-corrected chi connectivity index (χ2v) is 10.9. The van der Waals surface area contributed by atoms with Crippen molar-refractivity contribution in [3.63, 3.8) is 0 Å². The third-order valence-electron chi connectivity index (χ3n) is 6.77. The predicted molar refractivity (Wildman–Crippen MR) is 147 cm³/mol. The van der Waals surface area contributed by atoms with Gasteiger partial charge in [-0.15, -0.1) is 0 Å². The summed E-state index contributed by atoms with van der Waals surface area (Å²) >= 11 is 0. The minimum Gasteiger partial charge on any atom is -0.495 e. The molecule has 2 aliphatic rings. The van der Waals surface area contributed by atoms with Crippen LogP contribution in [-0.2, 0) is 14.8 Å². The molecule has 2 heterocycles. The molecule has 2 aliphatic heterocycles. The van der Waals surface area contributed by atoms with Crippen LogP contribution in [0, 0.1) is 0 Å². The summed E-state index contributed by atoms with van der Waals surface area (Å²) in [6, 6.07) is 18.0. The van der Waals surface area contributed by atoms with Crippen LogP contribution in [0.3, 0.4) is 0 Å². The summed E-state index contributed by atoms with van der Waals surface area (Å²) in [6.07, 6.45) is 1.77. The Morgan fingerprint density at radius 2 is 1.56 bits per heavy atom. The lowest BCUT2D eigenvalue weighted by atomic mass is 10.1. The van der Waals surface area contributed by atoms with Gasteiger partial charge in [0.25, 0.3) is 21.8 Å². The minimum atomic E-state index is -4.06. The van der Waals surface area contributed by atoms with Gasteiger partial charge < -0.3 is 15.0 Å². The maximum atomic E-state index is 13.6. The molecule has 202 valence electrons. The molecule has 1 saturated heterocycles. The van der Waals surface area contributed by atoms with Gasteiger partial charge in [-0.3, -0.25) is 24.0 Å². The van der Waals surface area contributed by atoms with Crippen LogP contribution in [0.1, 0.15) is 40.0 Å². The molecular weight excluding hydrogens is 520 g/mol. The monoisotopic (exact) mass is 548 g/mol. The van der Waals surface area contributed by atoms with E-state index >= 15 is 0 Å². The van der Waals surface area contributed by atoms with E-state index in [1.54, 1.807) is 60.7 Å². The Bertz CT molecular complexity index is 1510. The standard InChI is InChI=1S/C28H28N4O6S/c1-38-24-11-5-4-10-22(24)30-39(36,37)25-18-19(12-13-23(25)31-15-6-7-16-31)29-26(33)14-17-32-27(34)20-8-2-3-9-21(20)28(32)35/h2-5,8-13,18,30H,6-7,14-17H2,1H3,(H,29,33). The van der Waals surface area contributed by atoms with E-state index in [1.165, 1.54) is 13.2 Å². The van der Waals surface area contributed by atoms with Crippen LogP contribution in [0.2, 0.25) is 0 Å². The van der Waals surface area contributed by atoms with Crippen molar-refractivity contribution < 1.29 is 27.5 Å². The molecule has 0 atom stereocenters. The number of fused-ring (bicyclic) bond motifs is 1. The number of amides is 3. The number of nitrogens with zero attached hydrogens (tertiary/aromatic N) is 2. The van der Waals surface area contributed by atoms with E-state index in [-0.39, 0.29) is 23.5 Å². The van der Waals surface area contributed by atoms with Crippen LogP contribution in [-0.4, -0.2) is 57.8 Å². The molecule has 1 fully saturated rings. The Hall–Kier alpha value is -4.38. The zero-order valence-electron chi connectivity index (χ0n) is 21.3. The van der Waals surface area contributed by atoms with Gasteiger partial charge in [-0.2, -0.15) is 0 Å². The average Bonchev–Trinajstić information content (AvgIpc) is 3.55. The number of hydrogen-bond donors (Lipinski definition) is 2. The molecule has 3 aromatic rings. The fraction of sp³-hybridized carbons (Fsp3) is 0.250. The molecule has 11 heteroatoms. The van der Waals surface area contributed by atoms with Crippen molar-refractivity contribution in [3.05, 3.63) is 77.9 Å². The Kier molecular flexibility index (Phi) is 7.25. The average molecular weight is 549 g/mol.